The second kappa shape index (κ2) is 9.04. The van der Waals surface area contributed by atoms with Crippen LogP contribution in [0, 0.1) is 13.7 Å². The van der Waals surface area contributed by atoms with Gasteiger partial charge in [-0.05, 0) is 71.2 Å². The van der Waals surface area contributed by atoms with Crippen molar-refractivity contribution in [3.63, 3.8) is 0 Å². The number of para-hydroxylation sites is 1. The van der Waals surface area contributed by atoms with Crippen molar-refractivity contribution in [3.8, 4) is 10.6 Å². The van der Waals surface area contributed by atoms with Gasteiger partial charge in [0.05, 0.1) is 20.8 Å². The monoisotopic (exact) mass is 560 g/mol. The maximum Gasteiger partial charge on any atom is 0.270 e. The summed E-state index contributed by atoms with van der Waals surface area (Å²) in [5.74, 6) is -0.534. The molecule has 0 saturated heterocycles. The number of nitro benzene ring substituents is 1. The van der Waals surface area contributed by atoms with Gasteiger partial charge in [0.2, 0.25) is 0 Å². The first-order valence-electron chi connectivity index (χ1n) is 8.93. The molecule has 1 heterocycles. The maximum absolute atomic E-state index is 12.5. The Bertz CT molecular complexity index is 1310. The number of nitro groups is 1. The highest BCUT2D eigenvalue weighted by atomic mass is 127. The van der Waals surface area contributed by atoms with Crippen LogP contribution in [-0.2, 0) is 0 Å². The molecule has 3 aromatic carbocycles. The lowest BCUT2D eigenvalue weighted by Crippen LogP contribution is -2.34. The first kappa shape index (κ1) is 21.3. The zero-order valence-corrected chi connectivity index (χ0v) is 19.5. The number of aromatic nitrogens is 1. The fourth-order valence-electron chi connectivity index (χ4n) is 2.88. The van der Waals surface area contributed by atoms with Crippen LogP contribution in [-0.4, -0.2) is 20.9 Å². The number of hydrogen-bond acceptors (Lipinski definition) is 6. The zero-order chi connectivity index (χ0) is 22.0. The van der Waals surface area contributed by atoms with Crippen LogP contribution in [0.15, 0.2) is 66.7 Å². The van der Waals surface area contributed by atoms with Gasteiger partial charge in [-0.2, -0.15) is 0 Å². The number of halogens is 1. The molecule has 1 aromatic heterocycles. The third kappa shape index (κ3) is 4.86. The Labute approximate surface area is 199 Å². The van der Waals surface area contributed by atoms with Gasteiger partial charge < -0.3 is 5.32 Å². The lowest BCUT2D eigenvalue weighted by Gasteiger charge is -2.13. The molecule has 0 spiro atoms. The van der Waals surface area contributed by atoms with E-state index >= 15 is 0 Å². The third-order valence-electron chi connectivity index (χ3n) is 4.30. The van der Waals surface area contributed by atoms with Crippen LogP contribution in [0.3, 0.4) is 0 Å². The minimum absolute atomic E-state index is 0.0834. The highest BCUT2D eigenvalue weighted by Crippen LogP contribution is 2.35. The lowest BCUT2D eigenvalue weighted by atomic mass is 10.2. The summed E-state index contributed by atoms with van der Waals surface area (Å²) in [5, 5.41) is 17.5. The Hall–Kier alpha value is -2.96. The van der Waals surface area contributed by atoms with Crippen molar-refractivity contribution in [2.24, 2.45) is 0 Å². The van der Waals surface area contributed by atoms with Crippen molar-refractivity contribution in [1.82, 2.24) is 10.3 Å². The van der Waals surface area contributed by atoms with Crippen LogP contribution in [0.4, 0.5) is 11.4 Å². The number of fused-ring (bicyclic) bond motifs is 1. The molecule has 10 heteroatoms. The minimum Gasteiger partial charge on any atom is -0.332 e. The molecule has 4 rings (SSSR count). The number of rotatable bonds is 4. The standard InChI is InChI=1S/C21H13IN4O3S2/c22-13-8-9-16(15(11-13)20-23-17-6-1-2-7-18(17)31-20)24-21(30)25-19(27)12-4-3-5-14(10-12)26(28)29/h1-11H,(H2,24,25,27,30). The Balaban J connectivity index is 1.57. The third-order valence-corrected chi connectivity index (χ3v) is 6.25. The molecule has 0 saturated carbocycles. The van der Waals surface area contributed by atoms with E-state index < -0.39 is 10.8 Å². The van der Waals surface area contributed by atoms with E-state index in [4.69, 9.17) is 17.2 Å². The van der Waals surface area contributed by atoms with E-state index in [9.17, 15) is 14.9 Å². The number of carbonyl (C=O) groups excluding carboxylic acids is 1. The molecule has 0 aliphatic rings. The van der Waals surface area contributed by atoms with E-state index in [-0.39, 0.29) is 16.4 Å². The summed E-state index contributed by atoms with van der Waals surface area (Å²) < 4.78 is 2.10. The Morgan fingerprint density at radius 1 is 1.10 bits per heavy atom. The summed E-state index contributed by atoms with van der Waals surface area (Å²) >= 11 is 9.10. The van der Waals surface area contributed by atoms with Crippen LogP contribution in [0.5, 0.6) is 0 Å². The smallest absolute Gasteiger partial charge is 0.270 e. The van der Waals surface area contributed by atoms with Crippen molar-refractivity contribution >= 4 is 78.8 Å². The molecule has 2 N–H and O–H groups in total. The summed E-state index contributed by atoms with van der Waals surface area (Å²) in [6, 6.07) is 19.1. The van der Waals surface area contributed by atoms with Crippen molar-refractivity contribution in [3.05, 3.63) is 86.0 Å². The van der Waals surface area contributed by atoms with E-state index in [0.29, 0.717) is 5.69 Å². The van der Waals surface area contributed by atoms with Crippen molar-refractivity contribution in [1.29, 1.82) is 0 Å². The molecule has 0 aliphatic carbocycles. The Morgan fingerprint density at radius 3 is 2.68 bits per heavy atom. The molecule has 7 nitrogen and oxygen atoms in total. The predicted octanol–water partition coefficient (Wildman–Crippen LogP) is 5.60. The van der Waals surface area contributed by atoms with Crippen molar-refractivity contribution in [2.45, 2.75) is 0 Å². The molecule has 0 bridgehead atoms. The van der Waals surface area contributed by atoms with Gasteiger partial charge >= 0.3 is 0 Å². The van der Waals surface area contributed by atoms with E-state index in [0.717, 1.165) is 24.4 Å². The predicted molar refractivity (Wildman–Crippen MR) is 135 cm³/mol. The highest BCUT2D eigenvalue weighted by molar-refractivity contribution is 14.1. The number of nitrogens with one attached hydrogen (secondary N) is 2. The lowest BCUT2D eigenvalue weighted by molar-refractivity contribution is -0.384. The van der Waals surface area contributed by atoms with E-state index in [1.165, 1.54) is 24.3 Å². The molecule has 0 aliphatic heterocycles. The summed E-state index contributed by atoms with van der Waals surface area (Å²) in [6.45, 7) is 0. The van der Waals surface area contributed by atoms with Gasteiger partial charge in [0.25, 0.3) is 11.6 Å². The fraction of sp³-hybridized carbons (Fsp3) is 0. The highest BCUT2D eigenvalue weighted by Gasteiger charge is 2.15. The van der Waals surface area contributed by atoms with Crippen LogP contribution >= 0.6 is 46.1 Å². The fourth-order valence-corrected chi connectivity index (χ4v) is 4.57. The number of thiazole rings is 1. The number of benzene rings is 3. The van der Waals surface area contributed by atoms with Crippen LogP contribution < -0.4 is 10.6 Å². The van der Waals surface area contributed by atoms with E-state index in [1.807, 2.05) is 42.5 Å². The molecule has 1 amide bonds. The normalized spacial score (nSPS) is 10.6. The molecule has 154 valence electrons. The second-order valence-electron chi connectivity index (χ2n) is 6.39. The van der Waals surface area contributed by atoms with Crippen molar-refractivity contribution < 1.29 is 9.72 Å². The van der Waals surface area contributed by atoms with E-state index in [2.05, 4.69) is 33.2 Å². The summed E-state index contributed by atoms with van der Waals surface area (Å²) in [5.41, 5.74) is 2.45. The average Bonchev–Trinajstić information content (AvgIpc) is 3.19. The Kier molecular flexibility index (Phi) is 6.20. The van der Waals surface area contributed by atoms with Gasteiger partial charge in [-0.1, -0.05) is 18.2 Å². The zero-order valence-electron chi connectivity index (χ0n) is 15.7. The molecule has 0 unspecified atom stereocenters. The molecular formula is C21H13IN4O3S2. The number of non-ortho nitro benzene ring substituents is 1. The van der Waals surface area contributed by atoms with Gasteiger partial charge in [0.15, 0.2) is 5.11 Å². The molecular weight excluding hydrogens is 547 g/mol. The molecule has 0 fully saturated rings. The quantitative estimate of drug-likeness (QED) is 0.146. The first-order valence-corrected chi connectivity index (χ1v) is 11.2. The SMILES string of the molecule is O=C(NC(=S)Nc1ccc(I)cc1-c1nc2ccccc2s1)c1cccc([N+](=O)[O-])c1. The van der Waals surface area contributed by atoms with Crippen LogP contribution in [0.25, 0.3) is 20.8 Å². The molecule has 4 aromatic rings. The van der Waals surface area contributed by atoms with Gasteiger partial charge in [0.1, 0.15) is 5.01 Å². The number of hydrogen-bond donors (Lipinski definition) is 2. The number of anilines is 1. The topological polar surface area (TPSA) is 97.2 Å². The van der Waals surface area contributed by atoms with Crippen LogP contribution in [0.2, 0.25) is 0 Å². The minimum atomic E-state index is -0.552. The average molecular weight is 560 g/mol. The molecule has 0 radical (unpaired) electrons. The number of carbonyl (C=O) groups is 1. The number of nitrogens with zero attached hydrogens (tertiary/aromatic N) is 2. The summed E-state index contributed by atoms with van der Waals surface area (Å²) in [7, 11) is 0. The van der Waals surface area contributed by atoms with E-state index in [1.54, 1.807) is 11.3 Å². The van der Waals surface area contributed by atoms with Gasteiger partial charge in [0, 0.05) is 26.8 Å². The number of thiocarbonyl (C=S) groups is 1. The van der Waals surface area contributed by atoms with Gasteiger partial charge in [-0.3, -0.25) is 20.2 Å². The summed E-state index contributed by atoms with van der Waals surface area (Å²) in [6.07, 6.45) is 0. The summed E-state index contributed by atoms with van der Waals surface area (Å²) in [4.78, 5) is 27.6. The van der Waals surface area contributed by atoms with Gasteiger partial charge in [-0.25, -0.2) is 4.98 Å². The molecule has 0 atom stereocenters. The molecule has 31 heavy (non-hydrogen) atoms. The van der Waals surface area contributed by atoms with Gasteiger partial charge in [-0.15, -0.1) is 11.3 Å². The maximum atomic E-state index is 12.5. The first-order chi connectivity index (χ1) is 14.9. The van der Waals surface area contributed by atoms with Crippen LogP contribution in [0.1, 0.15) is 10.4 Å². The largest absolute Gasteiger partial charge is 0.332 e. The Morgan fingerprint density at radius 2 is 1.90 bits per heavy atom. The van der Waals surface area contributed by atoms with Crippen molar-refractivity contribution in [2.75, 3.05) is 5.32 Å². The number of amides is 1. The second-order valence-corrected chi connectivity index (χ2v) is 9.08.